The third-order valence-electron chi connectivity index (χ3n) is 4.35. The largest absolute Gasteiger partial charge is 0.307 e. The van der Waals surface area contributed by atoms with Gasteiger partial charge in [0.1, 0.15) is 5.65 Å². The van der Waals surface area contributed by atoms with E-state index in [0.29, 0.717) is 5.92 Å². The van der Waals surface area contributed by atoms with Crippen molar-refractivity contribution < 1.29 is 0 Å². The van der Waals surface area contributed by atoms with Gasteiger partial charge in [-0.25, -0.2) is 4.52 Å². The van der Waals surface area contributed by atoms with Crippen LogP contribution in [-0.4, -0.2) is 14.6 Å². The van der Waals surface area contributed by atoms with Crippen LogP contribution in [0.5, 0.6) is 0 Å². The van der Waals surface area contributed by atoms with Crippen LogP contribution in [0.25, 0.3) is 16.9 Å². The van der Waals surface area contributed by atoms with Gasteiger partial charge in [-0.15, -0.1) is 0 Å². The highest BCUT2D eigenvalue weighted by Gasteiger charge is 2.24. The van der Waals surface area contributed by atoms with Gasteiger partial charge in [-0.1, -0.05) is 37.3 Å². The molecule has 0 spiro atoms. The summed E-state index contributed by atoms with van der Waals surface area (Å²) in [6, 6.07) is 11.6. The van der Waals surface area contributed by atoms with Crippen molar-refractivity contribution >= 4 is 5.65 Å². The number of hydrogen-bond acceptors (Lipinski definition) is 2. The van der Waals surface area contributed by atoms with E-state index in [1.807, 2.05) is 34.8 Å². The lowest BCUT2D eigenvalue weighted by Gasteiger charge is -2.15. The molecule has 0 bridgehead atoms. The summed E-state index contributed by atoms with van der Waals surface area (Å²) < 4.78 is 1.91. The highest BCUT2D eigenvalue weighted by molar-refractivity contribution is 5.64. The molecule has 4 rings (SSSR count). The molecule has 4 nitrogen and oxygen atoms in total. The van der Waals surface area contributed by atoms with Crippen molar-refractivity contribution in [2.45, 2.75) is 32.1 Å². The minimum Gasteiger partial charge on any atom is -0.307 e. The zero-order valence-electron chi connectivity index (χ0n) is 12.0. The molecule has 1 aromatic carbocycles. The SMILES string of the molecule is CC1CCCc2c1nn1c(-c3ccccc3)cc(=O)[nH]c21. The topological polar surface area (TPSA) is 50.2 Å². The minimum absolute atomic E-state index is 0.0673. The first kappa shape index (κ1) is 12.4. The summed E-state index contributed by atoms with van der Waals surface area (Å²) in [7, 11) is 0. The van der Waals surface area contributed by atoms with E-state index >= 15 is 0 Å². The average molecular weight is 279 g/mol. The van der Waals surface area contributed by atoms with Crippen molar-refractivity contribution in [3.05, 3.63) is 58.0 Å². The molecule has 2 heterocycles. The third kappa shape index (κ3) is 1.90. The fourth-order valence-corrected chi connectivity index (χ4v) is 3.29. The second-order valence-electron chi connectivity index (χ2n) is 5.80. The van der Waals surface area contributed by atoms with Gasteiger partial charge in [-0.3, -0.25) is 4.79 Å². The standard InChI is InChI=1S/C17H17N3O/c1-11-6-5-9-13-16(11)19-20-14(10-15(21)18-17(13)20)12-7-3-2-4-8-12/h2-4,7-8,10-11H,5-6,9H2,1H3,(H,18,21). The highest BCUT2D eigenvalue weighted by atomic mass is 16.1. The van der Waals surface area contributed by atoms with Gasteiger partial charge in [0, 0.05) is 23.1 Å². The molecule has 2 aromatic heterocycles. The van der Waals surface area contributed by atoms with Crippen LogP contribution in [0.4, 0.5) is 0 Å². The molecule has 1 aliphatic carbocycles. The third-order valence-corrected chi connectivity index (χ3v) is 4.35. The van der Waals surface area contributed by atoms with Gasteiger partial charge >= 0.3 is 0 Å². The number of aryl methyl sites for hydroxylation is 1. The number of H-pyrrole nitrogens is 1. The number of nitrogens with zero attached hydrogens (tertiary/aromatic N) is 2. The van der Waals surface area contributed by atoms with E-state index < -0.39 is 0 Å². The van der Waals surface area contributed by atoms with Crippen molar-refractivity contribution in [2.75, 3.05) is 0 Å². The molecule has 0 saturated heterocycles. The van der Waals surface area contributed by atoms with Gasteiger partial charge in [0.15, 0.2) is 0 Å². The fraction of sp³-hybridized carbons (Fsp3) is 0.294. The molecular formula is C17H17N3O. The number of fused-ring (bicyclic) bond motifs is 3. The monoisotopic (exact) mass is 279 g/mol. The van der Waals surface area contributed by atoms with E-state index in [1.165, 1.54) is 12.0 Å². The van der Waals surface area contributed by atoms with Gasteiger partial charge in [0.05, 0.1) is 11.4 Å². The van der Waals surface area contributed by atoms with Crippen molar-refractivity contribution in [3.63, 3.8) is 0 Å². The van der Waals surface area contributed by atoms with Gasteiger partial charge in [-0.2, -0.15) is 5.10 Å². The predicted octanol–water partition coefficient (Wildman–Crippen LogP) is 3.13. The molecule has 4 heteroatoms. The van der Waals surface area contributed by atoms with E-state index in [0.717, 1.165) is 35.4 Å². The van der Waals surface area contributed by atoms with E-state index in [4.69, 9.17) is 5.10 Å². The van der Waals surface area contributed by atoms with E-state index in [-0.39, 0.29) is 5.56 Å². The molecule has 0 saturated carbocycles. The van der Waals surface area contributed by atoms with Crippen molar-refractivity contribution in [1.82, 2.24) is 14.6 Å². The summed E-state index contributed by atoms with van der Waals surface area (Å²) >= 11 is 0. The molecule has 1 unspecified atom stereocenters. The molecule has 0 aliphatic heterocycles. The molecule has 21 heavy (non-hydrogen) atoms. The maximum absolute atomic E-state index is 12.0. The van der Waals surface area contributed by atoms with Crippen LogP contribution >= 0.6 is 0 Å². The van der Waals surface area contributed by atoms with Crippen LogP contribution < -0.4 is 5.56 Å². The molecule has 3 aromatic rings. The van der Waals surface area contributed by atoms with Gasteiger partial charge in [-0.05, 0) is 19.3 Å². The smallest absolute Gasteiger partial charge is 0.251 e. The summed E-state index contributed by atoms with van der Waals surface area (Å²) in [5, 5.41) is 4.80. The molecule has 1 N–H and O–H groups in total. The quantitative estimate of drug-likeness (QED) is 0.744. The Labute approximate surface area is 122 Å². The molecule has 0 radical (unpaired) electrons. The Kier molecular flexibility index (Phi) is 2.70. The van der Waals surface area contributed by atoms with Crippen molar-refractivity contribution in [3.8, 4) is 11.3 Å². The van der Waals surface area contributed by atoms with E-state index in [9.17, 15) is 4.79 Å². The van der Waals surface area contributed by atoms with E-state index in [2.05, 4.69) is 11.9 Å². The average Bonchev–Trinajstić information content (AvgIpc) is 2.88. The summed E-state index contributed by atoms with van der Waals surface area (Å²) in [6.45, 7) is 2.21. The van der Waals surface area contributed by atoms with Crippen LogP contribution in [0.3, 0.4) is 0 Å². The minimum atomic E-state index is -0.0673. The zero-order valence-corrected chi connectivity index (χ0v) is 12.0. The predicted molar refractivity (Wildman–Crippen MR) is 82.6 cm³/mol. The van der Waals surface area contributed by atoms with Crippen LogP contribution in [0.15, 0.2) is 41.2 Å². The Morgan fingerprint density at radius 3 is 2.90 bits per heavy atom. The van der Waals surface area contributed by atoms with Crippen LogP contribution in [-0.2, 0) is 6.42 Å². The van der Waals surface area contributed by atoms with Crippen LogP contribution in [0.2, 0.25) is 0 Å². The summed E-state index contributed by atoms with van der Waals surface area (Å²) in [5.74, 6) is 0.459. The number of aromatic amines is 1. The van der Waals surface area contributed by atoms with Crippen molar-refractivity contribution in [2.24, 2.45) is 0 Å². The van der Waals surface area contributed by atoms with Gasteiger partial charge < -0.3 is 4.98 Å². The number of rotatable bonds is 1. The highest BCUT2D eigenvalue weighted by Crippen LogP contribution is 2.33. The molecule has 0 fully saturated rings. The molecule has 106 valence electrons. The maximum atomic E-state index is 12.0. The van der Waals surface area contributed by atoms with Crippen LogP contribution in [0, 0.1) is 0 Å². The molecule has 1 atom stereocenters. The summed E-state index contributed by atoms with van der Waals surface area (Å²) in [6.07, 6.45) is 3.33. The lowest BCUT2D eigenvalue weighted by Crippen LogP contribution is -2.10. The lowest BCUT2D eigenvalue weighted by molar-refractivity contribution is 0.577. The fourth-order valence-electron chi connectivity index (χ4n) is 3.29. The normalized spacial score (nSPS) is 17.9. The lowest BCUT2D eigenvalue weighted by atomic mass is 9.89. The van der Waals surface area contributed by atoms with Crippen LogP contribution in [0.1, 0.15) is 36.9 Å². The maximum Gasteiger partial charge on any atom is 0.251 e. The Hall–Kier alpha value is -2.36. The Balaban J connectivity index is 2.07. The summed E-state index contributed by atoms with van der Waals surface area (Å²) in [4.78, 5) is 15.0. The van der Waals surface area contributed by atoms with Crippen molar-refractivity contribution in [1.29, 1.82) is 0 Å². The number of hydrogen-bond donors (Lipinski definition) is 1. The van der Waals surface area contributed by atoms with E-state index in [1.54, 1.807) is 6.07 Å². The second-order valence-corrected chi connectivity index (χ2v) is 5.80. The second kappa shape index (κ2) is 4.58. The summed E-state index contributed by atoms with van der Waals surface area (Å²) in [5.41, 5.74) is 5.02. The Morgan fingerprint density at radius 1 is 1.29 bits per heavy atom. The number of nitrogens with one attached hydrogen (secondary N) is 1. The number of aromatic nitrogens is 3. The Bertz CT molecular complexity index is 861. The first-order valence-corrected chi connectivity index (χ1v) is 7.44. The zero-order chi connectivity index (χ0) is 14.4. The Morgan fingerprint density at radius 2 is 2.10 bits per heavy atom. The first-order chi connectivity index (χ1) is 10.2. The number of benzene rings is 1. The van der Waals surface area contributed by atoms with Gasteiger partial charge in [0.25, 0.3) is 5.56 Å². The molecular weight excluding hydrogens is 262 g/mol. The van der Waals surface area contributed by atoms with Gasteiger partial charge in [0.2, 0.25) is 0 Å². The molecule has 1 aliphatic rings. The molecule has 0 amide bonds. The first-order valence-electron chi connectivity index (χ1n) is 7.44.